The first-order valence-electron chi connectivity index (χ1n) is 13.3. The fraction of sp³-hybridized carbons (Fsp3) is 0.0303. The van der Waals surface area contributed by atoms with E-state index in [-0.39, 0.29) is 17.4 Å². The number of benzene rings is 4. The molecular weight excluding hydrogens is 715 g/mol. The summed E-state index contributed by atoms with van der Waals surface area (Å²) in [6.45, 7) is 0. The number of nitrogens with zero attached hydrogens (tertiary/aromatic N) is 1. The maximum Gasteiger partial charge on any atom is 0.272 e. The van der Waals surface area contributed by atoms with Crippen molar-refractivity contribution >= 4 is 96.8 Å². The lowest BCUT2D eigenvalue weighted by Gasteiger charge is -2.12. The monoisotopic (exact) mass is 736 g/mol. The van der Waals surface area contributed by atoms with Gasteiger partial charge in [0.15, 0.2) is 5.13 Å². The summed E-state index contributed by atoms with van der Waals surface area (Å²) in [5.41, 5.74) is 3.27. The molecule has 12 heteroatoms. The van der Waals surface area contributed by atoms with Crippen LogP contribution in [0.4, 0.5) is 10.8 Å². The van der Waals surface area contributed by atoms with E-state index in [0.29, 0.717) is 32.1 Å². The molecule has 3 amide bonds. The number of rotatable bonds is 10. The summed E-state index contributed by atoms with van der Waals surface area (Å²) in [5.74, 6) is -0.926. The molecule has 45 heavy (non-hydrogen) atoms. The number of hydrogen-bond donors (Lipinski definition) is 3. The van der Waals surface area contributed by atoms with E-state index >= 15 is 0 Å². The van der Waals surface area contributed by atoms with Crippen molar-refractivity contribution in [1.29, 1.82) is 0 Å². The highest BCUT2D eigenvalue weighted by Crippen LogP contribution is 2.31. The lowest BCUT2D eigenvalue weighted by molar-refractivity contribution is -0.114. The number of anilines is 2. The highest BCUT2D eigenvalue weighted by Gasteiger charge is 2.16. The van der Waals surface area contributed by atoms with E-state index in [1.807, 2.05) is 41.8 Å². The number of aromatic nitrogens is 1. The Morgan fingerprint density at radius 1 is 0.867 bits per heavy atom. The summed E-state index contributed by atoms with van der Waals surface area (Å²) in [5, 5.41) is 11.6. The summed E-state index contributed by atoms with van der Waals surface area (Å²) < 4.78 is 0.840. The van der Waals surface area contributed by atoms with Crippen molar-refractivity contribution in [2.45, 2.75) is 4.90 Å². The van der Waals surface area contributed by atoms with Crippen LogP contribution in [0.3, 0.4) is 0 Å². The Morgan fingerprint density at radius 3 is 2.38 bits per heavy atom. The number of nitrogens with one attached hydrogen (secondary N) is 3. The molecule has 3 N–H and O–H groups in total. The summed E-state index contributed by atoms with van der Waals surface area (Å²) in [4.78, 5) is 44.0. The Kier molecular flexibility index (Phi) is 11.1. The first-order valence-corrected chi connectivity index (χ1v) is 16.7. The van der Waals surface area contributed by atoms with Gasteiger partial charge < -0.3 is 16.0 Å². The van der Waals surface area contributed by atoms with Crippen LogP contribution in [0.15, 0.2) is 118 Å². The van der Waals surface area contributed by atoms with E-state index in [9.17, 15) is 14.4 Å². The van der Waals surface area contributed by atoms with E-state index in [2.05, 4.69) is 36.9 Å². The van der Waals surface area contributed by atoms with Crippen molar-refractivity contribution in [1.82, 2.24) is 10.3 Å². The van der Waals surface area contributed by atoms with Gasteiger partial charge in [-0.25, -0.2) is 4.98 Å². The van der Waals surface area contributed by atoms with Gasteiger partial charge in [-0.3, -0.25) is 14.4 Å². The topological polar surface area (TPSA) is 100 Å². The van der Waals surface area contributed by atoms with Gasteiger partial charge in [-0.2, -0.15) is 0 Å². The summed E-state index contributed by atoms with van der Waals surface area (Å²) in [6.07, 6.45) is 1.61. The van der Waals surface area contributed by atoms with Crippen LogP contribution in [0, 0.1) is 0 Å². The Bertz CT molecular complexity index is 1880. The van der Waals surface area contributed by atoms with Crippen LogP contribution in [0.25, 0.3) is 17.3 Å². The summed E-state index contributed by atoms with van der Waals surface area (Å²) in [7, 11) is 0. The van der Waals surface area contributed by atoms with E-state index in [4.69, 9.17) is 23.2 Å². The molecule has 0 atom stereocenters. The summed E-state index contributed by atoms with van der Waals surface area (Å²) in [6, 6.07) is 28.4. The van der Waals surface area contributed by atoms with E-state index < -0.39 is 11.8 Å². The van der Waals surface area contributed by atoms with Crippen molar-refractivity contribution in [2.24, 2.45) is 0 Å². The average Bonchev–Trinajstić information content (AvgIpc) is 3.50. The molecule has 0 unspecified atom stereocenters. The second-order valence-corrected chi connectivity index (χ2v) is 13.1. The number of thioether (sulfide) groups is 1. The van der Waals surface area contributed by atoms with Gasteiger partial charge in [0.05, 0.1) is 21.5 Å². The number of halogens is 3. The van der Waals surface area contributed by atoms with Gasteiger partial charge >= 0.3 is 0 Å². The maximum atomic E-state index is 13.3. The molecule has 0 aliphatic rings. The van der Waals surface area contributed by atoms with Crippen LogP contribution in [0.5, 0.6) is 0 Å². The fourth-order valence-corrected chi connectivity index (χ4v) is 6.11. The Hall–Kier alpha value is -3.93. The molecule has 0 aliphatic carbocycles. The van der Waals surface area contributed by atoms with Crippen molar-refractivity contribution in [2.75, 3.05) is 16.4 Å². The largest absolute Gasteiger partial charge is 0.321 e. The van der Waals surface area contributed by atoms with Gasteiger partial charge in [0.1, 0.15) is 5.70 Å². The SMILES string of the molecule is O=C(CSc1ccc(NC(=O)/C(=C/c2cccc(Br)c2)NC(=O)c2ccccc2)cc1)Nc1nc(-c2ccc(Cl)c(Cl)c2)cs1. The Morgan fingerprint density at radius 2 is 1.64 bits per heavy atom. The van der Waals surface area contributed by atoms with Crippen molar-refractivity contribution in [3.63, 3.8) is 0 Å². The molecule has 0 radical (unpaired) electrons. The first kappa shape index (κ1) is 32.5. The van der Waals surface area contributed by atoms with E-state index in [1.54, 1.807) is 66.7 Å². The third-order valence-electron chi connectivity index (χ3n) is 6.14. The maximum absolute atomic E-state index is 13.3. The highest BCUT2D eigenvalue weighted by molar-refractivity contribution is 9.10. The third kappa shape index (κ3) is 9.29. The predicted molar refractivity (Wildman–Crippen MR) is 188 cm³/mol. The molecule has 226 valence electrons. The number of carbonyl (C=O) groups excluding carboxylic acids is 3. The molecule has 0 spiro atoms. The normalized spacial score (nSPS) is 11.1. The summed E-state index contributed by atoms with van der Waals surface area (Å²) >= 11 is 18.2. The zero-order valence-corrected chi connectivity index (χ0v) is 28.0. The highest BCUT2D eigenvalue weighted by atomic mass is 79.9. The van der Waals surface area contributed by atoms with Crippen molar-refractivity contribution in [3.05, 3.63) is 134 Å². The zero-order valence-electron chi connectivity index (χ0n) is 23.2. The number of thiazole rings is 1. The molecule has 7 nitrogen and oxygen atoms in total. The third-order valence-corrected chi connectivity index (χ3v) is 9.14. The van der Waals surface area contributed by atoms with Gasteiger partial charge in [-0.15, -0.1) is 23.1 Å². The molecule has 0 saturated heterocycles. The van der Waals surface area contributed by atoms with Gasteiger partial charge in [0.2, 0.25) is 5.91 Å². The van der Waals surface area contributed by atoms with Crippen LogP contribution in [-0.4, -0.2) is 28.5 Å². The van der Waals surface area contributed by atoms with Crippen LogP contribution < -0.4 is 16.0 Å². The smallest absolute Gasteiger partial charge is 0.272 e. The molecule has 1 aromatic heterocycles. The fourth-order valence-electron chi connectivity index (χ4n) is 3.96. The van der Waals surface area contributed by atoms with Gasteiger partial charge in [-0.1, -0.05) is 75.5 Å². The van der Waals surface area contributed by atoms with Gasteiger partial charge in [0, 0.05) is 31.6 Å². The minimum absolute atomic E-state index is 0.0848. The number of hydrogen-bond acceptors (Lipinski definition) is 6. The van der Waals surface area contributed by atoms with Crippen LogP contribution >= 0.6 is 62.2 Å². The molecule has 0 fully saturated rings. The molecule has 4 aromatic carbocycles. The van der Waals surface area contributed by atoms with E-state index in [0.717, 1.165) is 20.5 Å². The first-order chi connectivity index (χ1) is 21.7. The quantitative estimate of drug-likeness (QED) is 0.0982. The molecule has 0 bridgehead atoms. The molecule has 0 aliphatic heterocycles. The second-order valence-electron chi connectivity index (χ2n) is 9.42. The zero-order chi connectivity index (χ0) is 31.8. The van der Waals surface area contributed by atoms with Gasteiger partial charge in [-0.05, 0) is 72.3 Å². The minimum atomic E-state index is -0.484. The number of amides is 3. The van der Waals surface area contributed by atoms with Crippen LogP contribution in [0.1, 0.15) is 15.9 Å². The molecule has 0 saturated carbocycles. The Labute approximate surface area is 286 Å². The molecule has 1 heterocycles. The molecule has 5 rings (SSSR count). The molecule has 5 aromatic rings. The predicted octanol–water partition coefficient (Wildman–Crippen LogP) is 9.02. The Balaban J connectivity index is 1.18. The standard InChI is InChI=1S/C33H23BrCl2N4O3S2/c34-23-8-4-5-20(15-23)16-28(38-31(42)21-6-2-1-3-7-21)32(43)37-24-10-12-25(13-11-24)44-19-30(41)40-33-39-29(18-45-33)22-9-14-26(35)27(36)17-22/h1-18H,19H2,(H,37,43)(H,38,42)(H,39,40,41)/b28-16-. The van der Waals surface area contributed by atoms with Gasteiger partial charge in [0.25, 0.3) is 11.8 Å². The minimum Gasteiger partial charge on any atom is -0.321 e. The average molecular weight is 739 g/mol. The van der Waals surface area contributed by atoms with Crippen LogP contribution in [0.2, 0.25) is 10.0 Å². The van der Waals surface area contributed by atoms with Crippen molar-refractivity contribution in [3.8, 4) is 11.3 Å². The van der Waals surface area contributed by atoms with Crippen LogP contribution in [-0.2, 0) is 9.59 Å². The molecular formula is C33H23BrCl2N4O3S2. The lowest BCUT2D eigenvalue weighted by atomic mass is 10.1. The van der Waals surface area contributed by atoms with Crippen molar-refractivity contribution < 1.29 is 14.4 Å². The second kappa shape index (κ2) is 15.4. The van der Waals surface area contributed by atoms with E-state index in [1.165, 1.54) is 23.1 Å². The lowest BCUT2D eigenvalue weighted by Crippen LogP contribution is -2.30. The number of carbonyl (C=O) groups is 3.